The van der Waals surface area contributed by atoms with Gasteiger partial charge in [0.2, 0.25) is 0 Å². The van der Waals surface area contributed by atoms with Crippen LogP contribution in [-0.4, -0.2) is 44.7 Å². The molecule has 4 rings (SSSR count). The van der Waals surface area contributed by atoms with Gasteiger partial charge < -0.3 is 5.11 Å². The fourth-order valence-corrected chi connectivity index (χ4v) is 8.25. The van der Waals surface area contributed by atoms with Crippen molar-refractivity contribution in [2.75, 3.05) is 6.61 Å². The van der Waals surface area contributed by atoms with Crippen LogP contribution in [0, 0.1) is 11.3 Å². The Morgan fingerprint density at radius 1 is 0.805 bits per heavy atom. The molecule has 5 unspecified atom stereocenters. The Labute approximate surface area is 250 Å². The van der Waals surface area contributed by atoms with Crippen molar-refractivity contribution in [3.63, 3.8) is 0 Å². The number of nitriles is 1. The molecule has 0 saturated carbocycles. The molecule has 0 aromatic heterocycles. The summed E-state index contributed by atoms with van der Waals surface area (Å²) in [7, 11) is 0. The van der Waals surface area contributed by atoms with Gasteiger partial charge in [0.05, 0.1) is 19.1 Å². The van der Waals surface area contributed by atoms with Gasteiger partial charge in [0.25, 0.3) is 0 Å². The minimum atomic E-state index is -0.0372. The lowest BCUT2D eigenvalue weighted by molar-refractivity contribution is 0.0271. The lowest BCUT2D eigenvalue weighted by Gasteiger charge is -2.45. The molecule has 2 aromatic carbocycles. The second-order valence-corrected chi connectivity index (χ2v) is 14.7. The third kappa shape index (κ3) is 6.74. The first-order valence-electron chi connectivity index (χ1n) is 16.1. The minimum Gasteiger partial charge on any atom is -0.395 e. The molecule has 2 fully saturated rings. The number of nitrogens with zero attached hydrogens (tertiary/aromatic N) is 3. The molecular formula is C37H55N3O. The van der Waals surface area contributed by atoms with Crippen molar-refractivity contribution in [2.45, 2.75) is 147 Å². The smallest absolute Gasteiger partial charge is 0.0638 e. The van der Waals surface area contributed by atoms with Gasteiger partial charge in [0, 0.05) is 35.2 Å². The van der Waals surface area contributed by atoms with Crippen LogP contribution in [0.25, 0.3) is 0 Å². The molecule has 2 heterocycles. The number of hydrogen-bond acceptors (Lipinski definition) is 4. The van der Waals surface area contributed by atoms with Crippen molar-refractivity contribution in [1.82, 2.24) is 9.80 Å². The van der Waals surface area contributed by atoms with Gasteiger partial charge in [0.1, 0.15) is 0 Å². The number of aliphatic hydroxyl groups excluding tert-OH is 1. The van der Waals surface area contributed by atoms with Crippen LogP contribution in [0.2, 0.25) is 0 Å². The summed E-state index contributed by atoms with van der Waals surface area (Å²) in [6.07, 6.45) is 7.12. The van der Waals surface area contributed by atoms with Crippen molar-refractivity contribution in [3.05, 3.63) is 70.8 Å². The van der Waals surface area contributed by atoms with Crippen LogP contribution in [0.15, 0.2) is 48.5 Å². The van der Waals surface area contributed by atoms with Crippen LogP contribution in [-0.2, 0) is 0 Å². The van der Waals surface area contributed by atoms with E-state index < -0.39 is 0 Å². The summed E-state index contributed by atoms with van der Waals surface area (Å²) in [6.45, 7) is 18.9. The minimum absolute atomic E-state index is 0.0113. The number of rotatable bonds is 10. The van der Waals surface area contributed by atoms with Crippen LogP contribution in [0.3, 0.4) is 0 Å². The van der Waals surface area contributed by atoms with E-state index in [0.29, 0.717) is 36.4 Å². The summed E-state index contributed by atoms with van der Waals surface area (Å²) in [4.78, 5) is 5.29. The molecule has 2 aliphatic heterocycles. The Balaban J connectivity index is 1.57. The standard InChI is InChI=1S/C37H55N3O/c1-26(2)30-13-9-11-15-32(30)35-20-18-29(25-41)40(35)37(7,8)23-21-27(3)31-14-10-12-16-33(31)34-19-17-28(22-24-38)39(34)36(4,5)6/h9-16,26-29,34-35,41H,17-23,25H2,1-8H3. The van der Waals surface area contributed by atoms with Crippen LogP contribution < -0.4 is 0 Å². The normalized spacial score (nSPS) is 25.1. The van der Waals surface area contributed by atoms with Crippen molar-refractivity contribution in [2.24, 2.45) is 0 Å². The zero-order valence-corrected chi connectivity index (χ0v) is 27.0. The fourth-order valence-electron chi connectivity index (χ4n) is 8.25. The highest BCUT2D eigenvalue weighted by Gasteiger charge is 2.44. The van der Waals surface area contributed by atoms with Gasteiger partial charge in [-0.15, -0.1) is 0 Å². The first kappa shape index (κ1) is 31.7. The number of likely N-dealkylation sites (tertiary alicyclic amines) is 2. The van der Waals surface area contributed by atoms with Crippen LogP contribution in [0.4, 0.5) is 0 Å². The Morgan fingerprint density at radius 3 is 1.90 bits per heavy atom. The maximum Gasteiger partial charge on any atom is 0.0638 e. The summed E-state index contributed by atoms with van der Waals surface area (Å²) in [5, 5.41) is 20.0. The molecule has 2 aliphatic rings. The first-order valence-corrected chi connectivity index (χ1v) is 16.1. The highest BCUT2D eigenvalue weighted by atomic mass is 16.3. The Morgan fingerprint density at radius 2 is 1.34 bits per heavy atom. The molecule has 224 valence electrons. The molecule has 4 heteroatoms. The molecule has 41 heavy (non-hydrogen) atoms. The maximum absolute atomic E-state index is 10.4. The molecule has 0 bridgehead atoms. The topological polar surface area (TPSA) is 50.5 Å². The monoisotopic (exact) mass is 557 g/mol. The lowest BCUT2D eigenvalue weighted by atomic mass is 9.83. The van der Waals surface area contributed by atoms with Crippen molar-refractivity contribution >= 4 is 0 Å². The molecule has 0 amide bonds. The Hall–Kier alpha value is -2.19. The largest absolute Gasteiger partial charge is 0.395 e. The van der Waals surface area contributed by atoms with E-state index >= 15 is 0 Å². The second kappa shape index (κ2) is 13.0. The predicted molar refractivity (Wildman–Crippen MR) is 171 cm³/mol. The number of benzene rings is 2. The van der Waals surface area contributed by atoms with Gasteiger partial charge in [0.15, 0.2) is 0 Å². The fraction of sp³-hybridized carbons (Fsp3) is 0.649. The van der Waals surface area contributed by atoms with E-state index in [9.17, 15) is 10.4 Å². The first-order chi connectivity index (χ1) is 19.4. The molecule has 0 aliphatic carbocycles. The Kier molecular flexibility index (Phi) is 10.1. The average Bonchev–Trinajstić information content (AvgIpc) is 3.57. The lowest BCUT2D eigenvalue weighted by Crippen LogP contribution is -2.49. The van der Waals surface area contributed by atoms with Gasteiger partial charge in [-0.3, -0.25) is 9.80 Å². The molecule has 4 nitrogen and oxygen atoms in total. The van der Waals surface area contributed by atoms with Gasteiger partial charge in [-0.25, -0.2) is 0 Å². The summed E-state index contributed by atoms with van der Waals surface area (Å²) in [6, 6.07) is 21.7. The van der Waals surface area contributed by atoms with Crippen LogP contribution in [0.1, 0.15) is 147 Å². The van der Waals surface area contributed by atoms with Crippen LogP contribution >= 0.6 is 0 Å². The highest BCUT2D eigenvalue weighted by Crippen LogP contribution is 2.47. The molecular weight excluding hydrogens is 502 g/mol. The van der Waals surface area contributed by atoms with Gasteiger partial charge >= 0.3 is 0 Å². The molecule has 1 N–H and O–H groups in total. The molecule has 2 aromatic rings. The van der Waals surface area contributed by atoms with E-state index in [1.165, 1.54) is 22.3 Å². The van der Waals surface area contributed by atoms with Gasteiger partial charge in [-0.1, -0.05) is 69.3 Å². The summed E-state index contributed by atoms with van der Waals surface area (Å²) in [5.41, 5.74) is 5.77. The predicted octanol–water partition coefficient (Wildman–Crippen LogP) is 8.89. The number of aliphatic hydroxyl groups is 1. The second-order valence-electron chi connectivity index (χ2n) is 14.7. The summed E-state index contributed by atoms with van der Waals surface area (Å²) >= 11 is 0. The van der Waals surface area contributed by atoms with E-state index in [1.807, 2.05) is 0 Å². The zero-order valence-electron chi connectivity index (χ0n) is 27.0. The third-order valence-electron chi connectivity index (χ3n) is 10.1. The van der Waals surface area contributed by atoms with Gasteiger partial charge in [-0.05, 0) is 107 Å². The molecule has 5 atom stereocenters. The van der Waals surface area contributed by atoms with Gasteiger partial charge in [-0.2, -0.15) is 5.26 Å². The van der Waals surface area contributed by atoms with Crippen molar-refractivity contribution in [3.8, 4) is 6.07 Å². The Bertz CT molecular complexity index is 1190. The van der Waals surface area contributed by atoms with E-state index in [-0.39, 0.29) is 23.7 Å². The van der Waals surface area contributed by atoms with Crippen molar-refractivity contribution in [1.29, 1.82) is 5.26 Å². The van der Waals surface area contributed by atoms with E-state index in [2.05, 4.69) is 120 Å². The molecule has 2 saturated heterocycles. The maximum atomic E-state index is 10.4. The van der Waals surface area contributed by atoms with E-state index in [0.717, 1.165) is 38.5 Å². The zero-order chi connectivity index (χ0) is 29.9. The van der Waals surface area contributed by atoms with E-state index in [1.54, 1.807) is 0 Å². The SMILES string of the molecule is CC(C)c1ccccc1C1CCC(CO)N1C(C)(C)CCC(C)c1ccccc1C1CCC(CC#N)N1C(C)(C)C. The summed E-state index contributed by atoms with van der Waals surface area (Å²) in [5.74, 6) is 0.913. The molecule has 0 spiro atoms. The van der Waals surface area contributed by atoms with E-state index in [4.69, 9.17) is 0 Å². The van der Waals surface area contributed by atoms with Crippen LogP contribution in [0.5, 0.6) is 0 Å². The third-order valence-corrected chi connectivity index (χ3v) is 10.1. The number of hydrogen-bond donors (Lipinski definition) is 1. The highest BCUT2D eigenvalue weighted by molar-refractivity contribution is 5.35. The van der Waals surface area contributed by atoms with Crippen molar-refractivity contribution < 1.29 is 5.11 Å². The summed E-state index contributed by atoms with van der Waals surface area (Å²) < 4.78 is 0. The molecule has 0 radical (unpaired) electrons. The quantitative estimate of drug-likeness (QED) is 0.317. The average molecular weight is 558 g/mol.